The van der Waals surface area contributed by atoms with Gasteiger partial charge in [0.25, 0.3) is 0 Å². The largest absolute Gasteiger partial charge is 0.392 e. The first-order chi connectivity index (χ1) is 8.68. The van der Waals surface area contributed by atoms with Crippen LogP contribution in [0.1, 0.15) is 30.4 Å². The van der Waals surface area contributed by atoms with E-state index in [4.69, 9.17) is 0 Å². The quantitative estimate of drug-likeness (QED) is 0.847. The molecule has 3 rings (SSSR count). The number of hydrogen-bond donors (Lipinski definition) is 2. The van der Waals surface area contributed by atoms with Gasteiger partial charge >= 0.3 is 0 Å². The van der Waals surface area contributed by atoms with Crippen LogP contribution in [0.15, 0.2) is 24.3 Å². The molecule has 1 saturated carbocycles. The molecule has 1 fully saturated rings. The third-order valence-corrected chi connectivity index (χ3v) is 4.20. The lowest BCUT2D eigenvalue weighted by atomic mass is 9.92. The highest BCUT2D eigenvalue weighted by molar-refractivity contribution is 5.84. The van der Waals surface area contributed by atoms with E-state index in [1.807, 2.05) is 0 Å². The zero-order chi connectivity index (χ0) is 12.7. The number of aliphatic hydroxyl groups is 1. The van der Waals surface area contributed by atoms with E-state index >= 15 is 0 Å². The number of nitrogens with one attached hydrogen (secondary N) is 1. The molecule has 1 aromatic carbocycles. The summed E-state index contributed by atoms with van der Waals surface area (Å²) in [6.45, 7) is 2.05. The summed E-state index contributed by atoms with van der Waals surface area (Å²) in [6, 6.07) is 8.47. The van der Waals surface area contributed by atoms with Crippen LogP contribution in [0.2, 0.25) is 0 Å². The van der Waals surface area contributed by atoms with Crippen molar-refractivity contribution in [3.05, 3.63) is 35.4 Å². The Morgan fingerprint density at radius 1 is 1.50 bits per heavy atom. The van der Waals surface area contributed by atoms with Crippen molar-refractivity contribution in [3.63, 3.8) is 0 Å². The van der Waals surface area contributed by atoms with Crippen LogP contribution in [0, 0.1) is 11.8 Å². The van der Waals surface area contributed by atoms with Crippen molar-refractivity contribution in [3.8, 4) is 0 Å². The second-order valence-electron chi connectivity index (χ2n) is 5.55. The number of aryl methyl sites for hydroxylation is 1. The molecule has 0 aromatic heterocycles. The van der Waals surface area contributed by atoms with Crippen molar-refractivity contribution in [2.45, 2.75) is 31.8 Å². The fourth-order valence-electron chi connectivity index (χ4n) is 3.29. The molecule has 2 aliphatic carbocycles. The normalized spacial score (nSPS) is 30.0. The van der Waals surface area contributed by atoms with Crippen molar-refractivity contribution < 1.29 is 9.90 Å². The number of carbonyl (C=O) groups is 1. The number of hydrogen-bond acceptors (Lipinski definition) is 2. The van der Waals surface area contributed by atoms with Crippen LogP contribution in [0.25, 0.3) is 0 Å². The minimum absolute atomic E-state index is 0.114. The van der Waals surface area contributed by atoms with Crippen molar-refractivity contribution in [1.82, 2.24) is 5.32 Å². The van der Waals surface area contributed by atoms with Crippen LogP contribution < -0.4 is 5.32 Å². The maximum absolute atomic E-state index is 12.1. The fourth-order valence-corrected chi connectivity index (χ4v) is 3.29. The van der Waals surface area contributed by atoms with Gasteiger partial charge in [-0.3, -0.25) is 4.79 Å². The van der Waals surface area contributed by atoms with Crippen molar-refractivity contribution in [1.29, 1.82) is 0 Å². The molecule has 3 nitrogen and oxygen atoms in total. The zero-order valence-electron chi connectivity index (χ0n) is 10.6. The van der Waals surface area contributed by atoms with Crippen LogP contribution in [-0.2, 0) is 11.2 Å². The Balaban J connectivity index is 1.71. The topological polar surface area (TPSA) is 49.3 Å². The third kappa shape index (κ3) is 1.93. The second kappa shape index (κ2) is 4.39. The van der Waals surface area contributed by atoms with Gasteiger partial charge in [-0.25, -0.2) is 0 Å². The molecule has 1 aromatic rings. The van der Waals surface area contributed by atoms with Gasteiger partial charge in [-0.2, -0.15) is 0 Å². The van der Waals surface area contributed by atoms with E-state index in [1.54, 1.807) is 6.92 Å². The minimum Gasteiger partial charge on any atom is -0.392 e. The number of benzene rings is 1. The first-order valence-electron chi connectivity index (χ1n) is 6.72. The molecule has 0 saturated heterocycles. The summed E-state index contributed by atoms with van der Waals surface area (Å²) in [5, 5.41) is 12.0. The van der Waals surface area contributed by atoms with Gasteiger partial charge in [-0.15, -0.1) is 0 Å². The fraction of sp³-hybridized carbons (Fsp3) is 0.533. The third-order valence-electron chi connectivity index (χ3n) is 4.20. The molecule has 1 amide bonds. The SMILES string of the molecule is C[C@H](O)CNC(=O)C1C2CCc3ccccc3C21. The molecular formula is C15H19NO2. The lowest BCUT2D eigenvalue weighted by Crippen LogP contribution is -2.32. The van der Waals surface area contributed by atoms with Crippen molar-refractivity contribution in [2.24, 2.45) is 11.8 Å². The van der Waals surface area contributed by atoms with Gasteiger partial charge in [0, 0.05) is 12.5 Å². The molecule has 96 valence electrons. The monoisotopic (exact) mass is 245 g/mol. The first-order valence-corrected chi connectivity index (χ1v) is 6.72. The van der Waals surface area contributed by atoms with Gasteiger partial charge < -0.3 is 10.4 Å². The molecule has 18 heavy (non-hydrogen) atoms. The number of aliphatic hydroxyl groups excluding tert-OH is 1. The molecule has 0 spiro atoms. The smallest absolute Gasteiger partial charge is 0.224 e. The van der Waals surface area contributed by atoms with E-state index in [-0.39, 0.29) is 11.8 Å². The molecule has 3 unspecified atom stereocenters. The zero-order valence-corrected chi connectivity index (χ0v) is 10.6. The molecule has 2 N–H and O–H groups in total. The van der Waals surface area contributed by atoms with E-state index in [0.717, 1.165) is 12.8 Å². The number of fused-ring (bicyclic) bond motifs is 3. The second-order valence-corrected chi connectivity index (χ2v) is 5.55. The Morgan fingerprint density at radius 3 is 3.06 bits per heavy atom. The van der Waals surface area contributed by atoms with Gasteiger partial charge in [0.05, 0.1) is 6.10 Å². The summed E-state index contributed by atoms with van der Waals surface area (Å²) in [4.78, 5) is 12.1. The number of rotatable bonds is 3. The highest BCUT2D eigenvalue weighted by Gasteiger charge is 2.56. The lowest BCUT2D eigenvalue weighted by molar-refractivity contribution is -0.123. The Morgan fingerprint density at radius 2 is 2.28 bits per heavy atom. The average Bonchev–Trinajstić information content (AvgIpc) is 3.10. The number of amides is 1. The van der Waals surface area contributed by atoms with Crippen LogP contribution in [-0.4, -0.2) is 23.7 Å². The van der Waals surface area contributed by atoms with E-state index in [0.29, 0.717) is 18.4 Å². The summed E-state index contributed by atoms with van der Waals surface area (Å²) in [5.41, 5.74) is 2.77. The lowest BCUT2D eigenvalue weighted by Gasteiger charge is -2.13. The van der Waals surface area contributed by atoms with Crippen molar-refractivity contribution in [2.75, 3.05) is 6.54 Å². The van der Waals surface area contributed by atoms with E-state index in [1.165, 1.54) is 11.1 Å². The summed E-state index contributed by atoms with van der Waals surface area (Å²) >= 11 is 0. The summed E-state index contributed by atoms with van der Waals surface area (Å²) in [6.07, 6.45) is 1.74. The molecule has 0 heterocycles. The summed E-state index contributed by atoms with van der Waals surface area (Å²) in [5.74, 6) is 1.19. The summed E-state index contributed by atoms with van der Waals surface area (Å²) < 4.78 is 0. The van der Waals surface area contributed by atoms with Gasteiger partial charge in [0.2, 0.25) is 5.91 Å². The molecule has 4 atom stereocenters. The predicted octanol–water partition coefficient (Wildman–Crippen LogP) is 1.46. The van der Waals surface area contributed by atoms with Crippen LogP contribution in [0.5, 0.6) is 0 Å². The Bertz CT molecular complexity index is 469. The molecule has 0 radical (unpaired) electrons. The highest BCUT2D eigenvalue weighted by Crippen LogP contribution is 2.59. The number of carbonyl (C=O) groups excluding carboxylic acids is 1. The van der Waals surface area contributed by atoms with Gasteiger partial charge in [-0.1, -0.05) is 24.3 Å². The molecular weight excluding hydrogens is 226 g/mol. The maximum Gasteiger partial charge on any atom is 0.224 e. The Labute approximate surface area is 107 Å². The summed E-state index contributed by atoms with van der Waals surface area (Å²) in [7, 11) is 0. The van der Waals surface area contributed by atoms with E-state index in [2.05, 4.69) is 29.6 Å². The van der Waals surface area contributed by atoms with Gasteiger partial charge in [0.1, 0.15) is 0 Å². The predicted molar refractivity (Wildman–Crippen MR) is 69.2 cm³/mol. The molecule has 2 aliphatic rings. The average molecular weight is 245 g/mol. The van der Waals surface area contributed by atoms with E-state index in [9.17, 15) is 9.90 Å². The minimum atomic E-state index is -0.470. The van der Waals surface area contributed by atoms with E-state index < -0.39 is 6.10 Å². The van der Waals surface area contributed by atoms with Gasteiger partial charge in [-0.05, 0) is 42.7 Å². The Kier molecular flexibility index (Phi) is 2.86. The van der Waals surface area contributed by atoms with Gasteiger partial charge in [0.15, 0.2) is 0 Å². The van der Waals surface area contributed by atoms with Crippen molar-refractivity contribution >= 4 is 5.91 Å². The molecule has 0 bridgehead atoms. The van der Waals surface area contributed by atoms with Crippen LogP contribution in [0.3, 0.4) is 0 Å². The van der Waals surface area contributed by atoms with Crippen LogP contribution >= 0.6 is 0 Å². The molecule has 3 heteroatoms. The Hall–Kier alpha value is -1.35. The first kappa shape index (κ1) is 11.7. The highest BCUT2D eigenvalue weighted by atomic mass is 16.3. The molecule has 0 aliphatic heterocycles. The standard InChI is InChI=1S/C15H19NO2/c1-9(17)8-16-15(18)14-12-7-6-10-4-2-3-5-11(10)13(12)14/h2-5,9,12-14,17H,6-8H2,1H3,(H,16,18)/t9-,12?,13?,14?/m0/s1. The maximum atomic E-state index is 12.1. The van der Waals surface area contributed by atoms with Crippen LogP contribution in [0.4, 0.5) is 0 Å².